The molecule has 1 saturated carbocycles. The maximum absolute atomic E-state index is 12.4. The van der Waals surface area contributed by atoms with Crippen LogP contribution in [0, 0.1) is 18.3 Å². The summed E-state index contributed by atoms with van der Waals surface area (Å²) < 4.78 is 1.83. The molecule has 0 aromatic carbocycles. The van der Waals surface area contributed by atoms with Crippen LogP contribution in [0.25, 0.3) is 5.52 Å². The largest absolute Gasteiger partial charge is 0.348 e. The Balaban J connectivity index is 1.55. The lowest BCUT2D eigenvalue weighted by Gasteiger charge is -2.23. The molecule has 4 rings (SSSR count). The highest BCUT2D eigenvalue weighted by molar-refractivity contribution is 5.93. The molecule has 5 nitrogen and oxygen atoms in total. The number of amides is 1. The van der Waals surface area contributed by atoms with Crippen LogP contribution in [0.5, 0.6) is 0 Å². The van der Waals surface area contributed by atoms with Gasteiger partial charge in [0.25, 0.3) is 5.91 Å². The van der Waals surface area contributed by atoms with Crippen molar-refractivity contribution in [2.24, 2.45) is 5.92 Å². The summed E-state index contributed by atoms with van der Waals surface area (Å²) in [7, 11) is 0. The molecule has 3 heterocycles. The van der Waals surface area contributed by atoms with Crippen molar-refractivity contribution in [1.82, 2.24) is 20.0 Å². The van der Waals surface area contributed by atoms with Crippen molar-refractivity contribution in [3.05, 3.63) is 35.9 Å². The number of terminal acetylenes is 1. The molecule has 0 spiro atoms. The second-order valence-electron chi connectivity index (χ2n) is 5.90. The lowest BCUT2D eigenvalue weighted by atomic mass is 10.0. The molecule has 2 aromatic rings. The molecule has 3 atom stereocenters. The molecule has 2 N–H and O–H groups in total. The van der Waals surface area contributed by atoms with Crippen LogP contribution in [0.4, 0.5) is 0 Å². The number of aromatic nitrogens is 2. The molecule has 1 amide bonds. The Kier molecular flexibility index (Phi) is 2.72. The first-order valence-corrected chi connectivity index (χ1v) is 7.21. The van der Waals surface area contributed by atoms with E-state index < -0.39 is 0 Å². The van der Waals surface area contributed by atoms with E-state index in [1.165, 1.54) is 6.42 Å². The van der Waals surface area contributed by atoms with Gasteiger partial charge in [-0.05, 0) is 30.9 Å². The van der Waals surface area contributed by atoms with Gasteiger partial charge in [-0.15, -0.1) is 6.42 Å². The Morgan fingerprint density at radius 2 is 2.38 bits per heavy atom. The minimum Gasteiger partial charge on any atom is -0.348 e. The fourth-order valence-corrected chi connectivity index (χ4v) is 3.47. The number of hydrogen-bond donors (Lipinski definition) is 2. The number of piperidine rings is 1. The first kappa shape index (κ1) is 12.4. The molecule has 3 unspecified atom stereocenters. The predicted molar refractivity (Wildman–Crippen MR) is 78.9 cm³/mol. The highest BCUT2D eigenvalue weighted by Crippen LogP contribution is 2.31. The minimum atomic E-state index is -0.0986. The van der Waals surface area contributed by atoms with E-state index >= 15 is 0 Å². The van der Waals surface area contributed by atoms with E-state index in [0.717, 1.165) is 24.0 Å². The molecule has 5 heteroatoms. The molecule has 2 fully saturated rings. The summed E-state index contributed by atoms with van der Waals surface area (Å²) in [4.78, 5) is 16.6. The molecule has 1 saturated heterocycles. The number of fused-ring (bicyclic) bond motifs is 3. The third-order valence-electron chi connectivity index (χ3n) is 4.56. The van der Waals surface area contributed by atoms with E-state index in [1.807, 2.05) is 16.7 Å². The monoisotopic (exact) mass is 280 g/mol. The van der Waals surface area contributed by atoms with Gasteiger partial charge < -0.3 is 15.0 Å². The topological polar surface area (TPSA) is 58.4 Å². The van der Waals surface area contributed by atoms with E-state index in [4.69, 9.17) is 6.42 Å². The van der Waals surface area contributed by atoms with Crippen molar-refractivity contribution in [3.8, 4) is 12.3 Å². The Bertz CT molecular complexity index is 757. The maximum Gasteiger partial charge on any atom is 0.270 e. The molecular formula is C16H16N4O. The average molecular weight is 280 g/mol. The van der Waals surface area contributed by atoms with E-state index in [2.05, 4.69) is 21.5 Å². The molecule has 0 radical (unpaired) electrons. The van der Waals surface area contributed by atoms with Gasteiger partial charge in [-0.1, -0.05) is 5.92 Å². The number of carbonyl (C=O) groups is 1. The minimum absolute atomic E-state index is 0.0986. The molecular weight excluding hydrogens is 264 g/mol. The van der Waals surface area contributed by atoms with E-state index in [1.54, 1.807) is 12.4 Å². The third-order valence-corrected chi connectivity index (χ3v) is 4.56. The quantitative estimate of drug-likeness (QED) is 0.800. The predicted octanol–water partition coefficient (Wildman–Crippen LogP) is 0.796. The molecule has 2 aromatic heterocycles. The van der Waals surface area contributed by atoms with Gasteiger partial charge in [0, 0.05) is 30.4 Å². The molecule has 2 bridgehead atoms. The Morgan fingerprint density at radius 3 is 3.10 bits per heavy atom. The Morgan fingerprint density at radius 1 is 1.48 bits per heavy atom. The number of nitrogens with one attached hydrogen (secondary N) is 2. The van der Waals surface area contributed by atoms with Crippen molar-refractivity contribution >= 4 is 11.4 Å². The summed E-state index contributed by atoms with van der Waals surface area (Å²) in [5.74, 6) is 3.05. The van der Waals surface area contributed by atoms with Crippen molar-refractivity contribution in [2.45, 2.75) is 24.9 Å². The van der Waals surface area contributed by atoms with Gasteiger partial charge in [0.1, 0.15) is 12.0 Å². The van der Waals surface area contributed by atoms with Crippen LogP contribution in [0.15, 0.2) is 24.7 Å². The number of nitrogens with zero attached hydrogens (tertiary/aromatic N) is 2. The normalized spacial score (nSPS) is 26.9. The van der Waals surface area contributed by atoms with E-state index in [-0.39, 0.29) is 11.9 Å². The summed E-state index contributed by atoms with van der Waals surface area (Å²) >= 11 is 0. The fraction of sp³-hybridized carbons (Fsp3) is 0.375. The average Bonchev–Trinajstić information content (AvgIpc) is 3.20. The van der Waals surface area contributed by atoms with Crippen LogP contribution in [0.3, 0.4) is 0 Å². The molecule has 1 aliphatic carbocycles. The summed E-state index contributed by atoms with van der Waals surface area (Å²) in [6, 6.07) is 4.50. The van der Waals surface area contributed by atoms with Crippen LogP contribution in [-0.2, 0) is 0 Å². The molecule has 106 valence electrons. The van der Waals surface area contributed by atoms with Crippen molar-refractivity contribution < 1.29 is 4.79 Å². The van der Waals surface area contributed by atoms with Crippen LogP contribution in [0.2, 0.25) is 0 Å². The second-order valence-corrected chi connectivity index (χ2v) is 5.90. The zero-order chi connectivity index (χ0) is 14.4. The first-order chi connectivity index (χ1) is 10.2. The standard InChI is InChI=1S/C16H16N4O/c1-2-10-3-13-6-15(18-9-20(13)8-10)16(21)19-14-5-12-4-11(14)7-17-12/h1,3,6,8-9,11-12,14,17H,4-5,7H2,(H,19,21). The van der Waals surface area contributed by atoms with Crippen molar-refractivity contribution in [1.29, 1.82) is 0 Å². The fourth-order valence-electron chi connectivity index (χ4n) is 3.47. The number of hydrogen-bond acceptors (Lipinski definition) is 3. The number of rotatable bonds is 2. The Labute approximate surface area is 122 Å². The van der Waals surface area contributed by atoms with Gasteiger partial charge >= 0.3 is 0 Å². The van der Waals surface area contributed by atoms with Crippen LogP contribution in [0.1, 0.15) is 28.9 Å². The molecule has 21 heavy (non-hydrogen) atoms. The summed E-state index contributed by atoms with van der Waals surface area (Å²) in [6.45, 7) is 1.01. The van der Waals surface area contributed by atoms with E-state index in [9.17, 15) is 4.79 Å². The number of carbonyl (C=O) groups excluding carboxylic acids is 1. The summed E-state index contributed by atoms with van der Waals surface area (Å²) in [5, 5.41) is 6.56. The zero-order valence-corrected chi connectivity index (χ0v) is 11.5. The van der Waals surface area contributed by atoms with Crippen LogP contribution < -0.4 is 10.6 Å². The van der Waals surface area contributed by atoms with Gasteiger partial charge in [-0.2, -0.15) is 0 Å². The zero-order valence-electron chi connectivity index (χ0n) is 11.5. The third kappa shape index (κ3) is 2.08. The molecule has 1 aliphatic heterocycles. The van der Waals surface area contributed by atoms with Gasteiger partial charge in [-0.3, -0.25) is 4.79 Å². The van der Waals surface area contributed by atoms with Gasteiger partial charge in [-0.25, -0.2) is 4.98 Å². The lowest BCUT2D eigenvalue weighted by molar-refractivity contribution is 0.0920. The van der Waals surface area contributed by atoms with Crippen LogP contribution >= 0.6 is 0 Å². The Hall–Kier alpha value is -2.32. The van der Waals surface area contributed by atoms with Gasteiger partial charge in [0.05, 0.1) is 5.52 Å². The highest BCUT2D eigenvalue weighted by atomic mass is 16.1. The SMILES string of the molecule is C#Cc1cc2cc(C(=O)NC3CC4CC3CN4)ncn2c1. The van der Waals surface area contributed by atoms with Gasteiger partial charge in [0.15, 0.2) is 0 Å². The smallest absolute Gasteiger partial charge is 0.270 e. The van der Waals surface area contributed by atoms with Crippen molar-refractivity contribution in [3.63, 3.8) is 0 Å². The lowest BCUT2D eigenvalue weighted by Crippen LogP contribution is -2.44. The summed E-state index contributed by atoms with van der Waals surface area (Å²) in [5.41, 5.74) is 2.12. The first-order valence-electron chi connectivity index (χ1n) is 7.21. The van der Waals surface area contributed by atoms with Gasteiger partial charge in [0.2, 0.25) is 0 Å². The maximum atomic E-state index is 12.4. The summed E-state index contributed by atoms with van der Waals surface area (Å²) in [6.07, 6.45) is 11.0. The van der Waals surface area contributed by atoms with Crippen molar-refractivity contribution in [2.75, 3.05) is 6.54 Å². The highest BCUT2D eigenvalue weighted by Gasteiger charge is 2.40. The van der Waals surface area contributed by atoms with E-state index in [0.29, 0.717) is 17.7 Å². The second kappa shape index (κ2) is 4.61. The molecule has 2 aliphatic rings. The van der Waals surface area contributed by atoms with Crippen LogP contribution in [-0.4, -0.2) is 33.9 Å².